The van der Waals surface area contributed by atoms with Gasteiger partial charge in [-0.1, -0.05) is 35.3 Å². The second kappa shape index (κ2) is 9.22. The van der Waals surface area contributed by atoms with E-state index < -0.39 is 0 Å². The zero-order chi connectivity index (χ0) is 22.8. The van der Waals surface area contributed by atoms with Crippen molar-refractivity contribution in [2.24, 2.45) is 0 Å². The number of amides is 1. The quantitative estimate of drug-likeness (QED) is 0.608. The smallest absolute Gasteiger partial charge is 0.255 e. The van der Waals surface area contributed by atoms with Crippen LogP contribution < -0.4 is 15.2 Å². The highest BCUT2D eigenvalue weighted by molar-refractivity contribution is 6.42. The molecule has 0 saturated carbocycles. The van der Waals surface area contributed by atoms with Gasteiger partial charge in [0.15, 0.2) is 0 Å². The molecule has 1 aliphatic rings. The van der Waals surface area contributed by atoms with Crippen LogP contribution in [0.15, 0.2) is 47.3 Å². The van der Waals surface area contributed by atoms with Crippen LogP contribution in [0.5, 0.6) is 5.75 Å². The molecule has 166 valence electrons. The van der Waals surface area contributed by atoms with Crippen molar-refractivity contribution in [1.29, 1.82) is 0 Å². The Balaban J connectivity index is 1.54. The summed E-state index contributed by atoms with van der Waals surface area (Å²) >= 11 is 12.0. The summed E-state index contributed by atoms with van der Waals surface area (Å²) in [6.07, 6.45) is 0.438. The number of fused-ring (bicyclic) bond motifs is 1. The predicted molar refractivity (Wildman–Crippen MR) is 125 cm³/mol. The van der Waals surface area contributed by atoms with E-state index in [-0.39, 0.29) is 18.0 Å². The van der Waals surface area contributed by atoms with Gasteiger partial charge in [0.05, 0.1) is 29.4 Å². The number of hydrogen-bond acceptors (Lipinski definition) is 5. The third-order valence-corrected chi connectivity index (χ3v) is 6.19. The Morgan fingerprint density at radius 2 is 1.94 bits per heavy atom. The van der Waals surface area contributed by atoms with E-state index in [2.05, 4.69) is 9.97 Å². The lowest BCUT2D eigenvalue weighted by Gasteiger charge is -2.29. The first kappa shape index (κ1) is 22.2. The first-order valence-corrected chi connectivity index (χ1v) is 10.8. The number of aromatic amines is 1. The number of carbonyl (C=O) groups excluding carboxylic acids is 1. The van der Waals surface area contributed by atoms with Crippen molar-refractivity contribution in [1.82, 2.24) is 14.9 Å². The Hall–Kier alpha value is -3.03. The van der Waals surface area contributed by atoms with Crippen molar-refractivity contribution in [2.75, 3.05) is 25.6 Å². The number of nitrogens with one attached hydrogen (secondary N) is 1. The molecule has 1 N–H and O–H groups in total. The highest BCUT2D eigenvalue weighted by Gasteiger charge is 2.26. The zero-order valence-electron chi connectivity index (χ0n) is 17.7. The van der Waals surface area contributed by atoms with Crippen LogP contribution >= 0.6 is 23.2 Å². The number of rotatable bonds is 5. The van der Waals surface area contributed by atoms with Gasteiger partial charge in [0.2, 0.25) is 5.95 Å². The number of hydrogen-bond donors (Lipinski definition) is 1. The van der Waals surface area contributed by atoms with Gasteiger partial charge < -0.3 is 14.5 Å². The first-order valence-electron chi connectivity index (χ1n) is 10.1. The second-order valence-electron chi connectivity index (χ2n) is 7.62. The van der Waals surface area contributed by atoms with Crippen molar-refractivity contribution in [3.63, 3.8) is 0 Å². The zero-order valence-corrected chi connectivity index (χ0v) is 19.2. The molecular formula is C23H22Cl2N4O3. The molecule has 0 bridgehead atoms. The molecule has 7 nitrogen and oxygen atoms in total. The maximum atomic E-state index is 13.0. The van der Waals surface area contributed by atoms with E-state index >= 15 is 0 Å². The fourth-order valence-electron chi connectivity index (χ4n) is 3.67. The van der Waals surface area contributed by atoms with Gasteiger partial charge in [-0.2, -0.15) is 0 Å². The van der Waals surface area contributed by atoms with E-state index in [1.807, 2.05) is 36.2 Å². The molecule has 1 amide bonds. The summed E-state index contributed by atoms with van der Waals surface area (Å²) in [6, 6.07) is 12.5. The molecule has 1 aromatic heterocycles. The first-order chi connectivity index (χ1) is 15.4. The van der Waals surface area contributed by atoms with Crippen LogP contribution in [0, 0.1) is 0 Å². The summed E-state index contributed by atoms with van der Waals surface area (Å²) in [6.45, 7) is 1.23. The average Bonchev–Trinajstić information content (AvgIpc) is 2.80. The fourth-order valence-corrected chi connectivity index (χ4v) is 3.97. The van der Waals surface area contributed by atoms with Crippen molar-refractivity contribution in [3.05, 3.63) is 85.2 Å². The van der Waals surface area contributed by atoms with Gasteiger partial charge in [-0.05, 0) is 42.3 Å². The van der Waals surface area contributed by atoms with Gasteiger partial charge >= 0.3 is 0 Å². The monoisotopic (exact) mass is 472 g/mol. The standard InChI is InChI=1S/C23H22Cl2N4O3/c1-28(12-14-3-6-16(32-2)7-4-14)23-26-20-13-29(10-9-17(20)21(30)27-23)22(31)15-5-8-18(24)19(25)11-15/h3-8,11H,9-10,12-13H2,1-2H3,(H,26,27,30). The summed E-state index contributed by atoms with van der Waals surface area (Å²) in [4.78, 5) is 36.7. The van der Waals surface area contributed by atoms with Crippen LogP contribution in [0.2, 0.25) is 10.0 Å². The SMILES string of the molecule is COc1ccc(CN(C)c2nc3c(c(=O)[nH]2)CCN(C(=O)c2ccc(Cl)c(Cl)c2)C3)cc1. The number of anilines is 1. The van der Waals surface area contributed by atoms with E-state index in [0.29, 0.717) is 52.3 Å². The van der Waals surface area contributed by atoms with Crippen molar-refractivity contribution in [3.8, 4) is 5.75 Å². The van der Waals surface area contributed by atoms with Gasteiger partial charge in [-0.15, -0.1) is 0 Å². The number of benzene rings is 2. The van der Waals surface area contributed by atoms with Gasteiger partial charge in [0.1, 0.15) is 5.75 Å². The molecule has 0 fully saturated rings. The van der Waals surface area contributed by atoms with Gasteiger partial charge in [-0.25, -0.2) is 4.98 Å². The maximum absolute atomic E-state index is 13.0. The third-order valence-electron chi connectivity index (χ3n) is 5.46. The Bertz CT molecular complexity index is 1210. The summed E-state index contributed by atoms with van der Waals surface area (Å²) < 4.78 is 5.19. The highest BCUT2D eigenvalue weighted by Crippen LogP contribution is 2.25. The largest absolute Gasteiger partial charge is 0.497 e. The molecule has 9 heteroatoms. The summed E-state index contributed by atoms with van der Waals surface area (Å²) in [5.74, 6) is 1.06. The lowest BCUT2D eigenvalue weighted by atomic mass is 10.1. The molecule has 3 aromatic rings. The second-order valence-corrected chi connectivity index (χ2v) is 8.44. The Morgan fingerprint density at radius 3 is 2.62 bits per heavy atom. The van der Waals surface area contributed by atoms with Gasteiger partial charge in [-0.3, -0.25) is 14.6 Å². The molecule has 0 unspecified atom stereocenters. The van der Waals surface area contributed by atoms with Crippen molar-refractivity contribution < 1.29 is 9.53 Å². The molecular weight excluding hydrogens is 451 g/mol. The highest BCUT2D eigenvalue weighted by atomic mass is 35.5. The van der Waals surface area contributed by atoms with Crippen LogP contribution in [0.1, 0.15) is 27.2 Å². The van der Waals surface area contributed by atoms with Crippen LogP contribution in [0.25, 0.3) is 0 Å². The Kier molecular flexibility index (Phi) is 6.39. The number of H-pyrrole nitrogens is 1. The lowest BCUT2D eigenvalue weighted by molar-refractivity contribution is 0.0731. The maximum Gasteiger partial charge on any atom is 0.255 e. The molecule has 0 atom stereocenters. The van der Waals surface area contributed by atoms with Crippen LogP contribution in [-0.2, 0) is 19.5 Å². The molecule has 2 aromatic carbocycles. The Labute approximate surface area is 195 Å². The minimum Gasteiger partial charge on any atom is -0.497 e. The topological polar surface area (TPSA) is 78.5 Å². The molecule has 2 heterocycles. The summed E-state index contributed by atoms with van der Waals surface area (Å²) in [7, 11) is 3.48. The summed E-state index contributed by atoms with van der Waals surface area (Å²) in [5.41, 5.74) is 2.54. The van der Waals surface area contributed by atoms with Crippen LogP contribution in [0.3, 0.4) is 0 Å². The minimum absolute atomic E-state index is 0.173. The van der Waals surface area contributed by atoms with Crippen molar-refractivity contribution >= 4 is 35.1 Å². The molecule has 0 spiro atoms. The van der Waals surface area contributed by atoms with Crippen molar-refractivity contribution in [2.45, 2.75) is 19.5 Å². The van der Waals surface area contributed by atoms with Crippen LogP contribution in [-0.4, -0.2) is 41.5 Å². The van der Waals surface area contributed by atoms with E-state index in [9.17, 15) is 9.59 Å². The molecule has 1 aliphatic heterocycles. The lowest BCUT2D eigenvalue weighted by Crippen LogP contribution is -2.39. The predicted octanol–water partition coefficient (Wildman–Crippen LogP) is 3.92. The van der Waals surface area contributed by atoms with E-state index in [1.54, 1.807) is 30.2 Å². The third kappa shape index (κ3) is 4.59. The normalized spacial score (nSPS) is 12.9. The number of nitrogens with zero attached hydrogens (tertiary/aromatic N) is 3. The van der Waals surface area contributed by atoms with E-state index in [4.69, 9.17) is 27.9 Å². The molecule has 0 aliphatic carbocycles. The number of carbonyl (C=O) groups is 1. The minimum atomic E-state index is -0.176. The molecule has 32 heavy (non-hydrogen) atoms. The number of methoxy groups -OCH3 is 1. The van der Waals surface area contributed by atoms with Gasteiger partial charge in [0, 0.05) is 31.3 Å². The molecule has 4 rings (SSSR count). The number of halogens is 2. The van der Waals surface area contributed by atoms with Gasteiger partial charge in [0.25, 0.3) is 11.5 Å². The van der Waals surface area contributed by atoms with E-state index in [0.717, 1.165) is 11.3 Å². The number of aromatic nitrogens is 2. The Morgan fingerprint density at radius 1 is 1.19 bits per heavy atom. The molecule has 0 radical (unpaired) electrons. The molecule has 0 saturated heterocycles. The summed E-state index contributed by atoms with van der Waals surface area (Å²) in [5, 5.41) is 0.719. The van der Waals surface area contributed by atoms with E-state index in [1.165, 1.54) is 0 Å². The van der Waals surface area contributed by atoms with Crippen LogP contribution in [0.4, 0.5) is 5.95 Å². The fraction of sp³-hybridized carbons (Fsp3) is 0.261. The average molecular weight is 473 g/mol. The number of ether oxygens (including phenoxy) is 1.